The van der Waals surface area contributed by atoms with Gasteiger partial charge in [0, 0.05) is 24.0 Å². The van der Waals surface area contributed by atoms with Crippen LogP contribution in [0.15, 0.2) is 35.4 Å². The molecule has 0 amide bonds. The van der Waals surface area contributed by atoms with E-state index in [-0.39, 0.29) is 0 Å². The molecule has 1 aromatic carbocycles. The van der Waals surface area contributed by atoms with Gasteiger partial charge in [0.05, 0.1) is 5.52 Å². The minimum absolute atomic E-state index is 0.662. The smallest absolute Gasteiger partial charge is 0.213 e. The number of benzene rings is 1. The third-order valence-electron chi connectivity index (χ3n) is 2.71. The summed E-state index contributed by atoms with van der Waals surface area (Å²) < 4.78 is 4.67. The van der Waals surface area contributed by atoms with E-state index in [1.165, 1.54) is 12.7 Å². The van der Waals surface area contributed by atoms with Crippen LogP contribution in [-0.4, -0.2) is 26.7 Å². The fourth-order valence-corrected chi connectivity index (χ4v) is 1.81. The predicted octanol–water partition coefficient (Wildman–Crippen LogP) is 1.25. The molecule has 2 heterocycles. The molecule has 0 aliphatic heterocycles. The van der Waals surface area contributed by atoms with Gasteiger partial charge in [-0.15, -0.1) is 0 Å². The van der Waals surface area contributed by atoms with Crippen LogP contribution in [0, 0.1) is 0 Å². The molecule has 0 bridgehead atoms. The quantitative estimate of drug-likeness (QED) is 0.677. The fraction of sp³-hybridized carbons (Fsp3) is 0.167. The van der Waals surface area contributed by atoms with Gasteiger partial charge in [0.25, 0.3) is 0 Å². The molecule has 7 nitrogen and oxygen atoms in total. The lowest BCUT2D eigenvalue weighted by Gasteiger charge is -2.07. The molecule has 0 saturated heterocycles. The molecule has 2 aromatic heterocycles. The number of aromatic nitrogens is 4. The Morgan fingerprint density at radius 2 is 2.16 bits per heavy atom. The monoisotopic (exact) mass is 256 g/mol. The number of nitrogens with two attached hydrogens (primary N) is 1. The van der Waals surface area contributed by atoms with Crippen molar-refractivity contribution in [3.8, 4) is 0 Å². The highest BCUT2D eigenvalue weighted by atomic mass is 16.5. The van der Waals surface area contributed by atoms with E-state index in [1.54, 1.807) is 0 Å². The molecule has 0 atom stereocenters. The molecule has 7 heteroatoms. The Hall–Kier alpha value is -2.70. The Bertz CT molecular complexity index is 682. The first-order valence-corrected chi connectivity index (χ1v) is 5.82. The topological polar surface area (TPSA) is 103 Å². The Morgan fingerprint density at radius 3 is 3.00 bits per heavy atom. The summed E-state index contributed by atoms with van der Waals surface area (Å²) in [7, 11) is 0. The summed E-state index contributed by atoms with van der Waals surface area (Å²) in [6.45, 7) is 0.663. The lowest BCUT2D eigenvalue weighted by atomic mass is 10.2. The summed E-state index contributed by atoms with van der Waals surface area (Å²) in [5.74, 6) is 1.43. The highest BCUT2D eigenvalue weighted by molar-refractivity contribution is 5.90. The fourth-order valence-electron chi connectivity index (χ4n) is 1.81. The molecule has 3 aromatic rings. The summed E-state index contributed by atoms with van der Waals surface area (Å²) in [6, 6.07) is 5.55. The number of anilines is 2. The Balaban J connectivity index is 1.77. The second-order valence-electron chi connectivity index (χ2n) is 4.02. The van der Waals surface area contributed by atoms with E-state index in [4.69, 9.17) is 5.73 Å². The SMILES string of the molecule is Nc1ccc2c(NCCc3ncon3)ncnc2c1. The zero-order valence-electron chi connectivity index (χ0n) is 10.1. The van der Waals surface area contributed by atoms with Gasteiger partial charge in [-0.3, -0.25) is 0 Å². The van der Waals surface area contributed by atoms with Gasteiger partial charge in [0.15, 0.2) is 5.82 Å². The predicted molar refractivity (Wildman–Crippen MR) is 70.4 cm³/mol. The van der Waals surface area contributed by atoms with Crippen LogP contribution in [0.4, 0.5) is 11.5 Å². The lowest BCUT2D eigenvalue weighted by Crippen LogP contribution is -2.08. The van der Waals surface area contributed by atoms with Crippen LogP contribution < -0.4 is 11.1 Å². The Kier molecular flexibility index (Phi) is 2.93. The van der Waals surface area contributed by atoms with Crippen molar-refractivity contribution < 1.29 is 4.52 Å². The molecule has 0 aliphatic rings. The van der Waals surface area contributed by atoms with Crippen LogP contribution >= 0.6 is 0 Å². The minimum atomic E-state index is 0.662. The molecule has 0 aliphatic carbocycles. The molecule has 19 heavy (non-hydrogen) atoms. The van der Waals surface area contributed by atoms with Crippen molar-refractivity contribution in [1.82, 2.24) is 20.1 Å². The largest absolute Gasteiger partial charge is 0.399 e. The van der Waals surface area contributed by atoms with Crippen molar-refractivity contribution in [2.45, 2.75) is 6.42 Å². The zero-order chi connectivity index (χ0) is 13.1. The van der Waals surface area contributed by atoms with E-state index in [9.17, 15) is 0 Å². The van der Waals surface area contributed by atoms with Gasteiger partial charge >= 0.3 is 0 Å². The first kappa shape index (κ1) is 11.4. The van der Waals surface area contributed by atoms with E-state index in [1.807, 2.05) is 18.2 Å². The van der Waals surface area contributed by atoms with Crippen LogP contribution in [-0.2, 0) is 6.42 Å². The highest BCUT2D eigenvalue weighted by Crippen LogP contribution is 2.20. The van der Waals surface area contributed by atoms with E-state index in [0.717, 1.165) is 16.7 Å². The maximum absolute atomic E-state index is 5.73. The van der Waals surface area contributed by atoms with E-state index in [0.29, 0.717) is 24.5 Å². The van der Waals surface area contributed by atoms with Crippen molar-refractivity contribution in [3.05, 3.63) is 36.7 Å². The summed E-state index contributed by atoms with van der Waals surface area (Å²) in [6.07, 6.45) is 3.49. The highest BCUT2D eigenvalue weighted by Gasteiger charge is 2.04. The maximum Gasteiger partial charge on any atom is 0.213 e. The first-order valence-electron chi connectivity index (χ1n) is 5.82. The molecule has 0 spiro atoms. The van der Waals surface area contributed by atoms with Gasteiger partial charge < -0.3 is 15.6 Å². The lowest BCUT2D eigenvalue weighted by molar-refractivity contribution is 0.410. The summed E-state index contributed by atoms with van der Waals surface area (Å²) in [5.41, 5.74) is 7.23. The Labute approximate surface area is 108 Å². The number of rotatable bonds is 4. The second kappa shape index (κ2) is 4.89. The number of nitrogens with one attached hydrogen (secondary N) is 1. The van der Waals surface area contributed by atoms with E-state index < -0.39 is 0 Å². The number of nitrogens with zero attached hydrogens (tertiary/aromatic N) is 4. The van der Waals surface area contributed by atoms with Crippen molar-refractivity contribution in [2.24, 2.45) is 0 Å². The molecule has 3 N–H and O–H groups in total. The minimum Gasteiger partial charge on any atom is -0.399 e. The number of fused-ring (bicyclic) bond motifs is 1. The average Bonchev–Trinajstić information content (AvgIpc) is 2.92. The normalized spacial score (nSPS) is 10.7. The standard InChI is InChI=1S/C12H12N6O/c13-8-1-2-9-10(5-8)15-6-16-12(9)14-4-3-11-17-7-19-18-11/h1-2,5-7H,3-4,13H2,(H,14,15,16). The zero-order valence-corrected chi connectivity index (χ0v) is 10.1. The molecular weight excluding hydrogens is 244 g/mol. The maximum atomic E-state index is 5.73. The van der Waals surface area contributed by atoms with Crippen molar-refractivity contribution in [3.63, 3.8) is 0 Å². The van der Waals surface area contributed by atoms with Gasteiger partial charge in [0.2, 0.25) is 6.39 Å². The number of hydrogen-bond donors (Lipinski definition) is 2. The third-order valence-corrected chi connectivity index (χ3v) is 2.71. The van der Waals surface area contributed by atoms with Gasteiger partial charge in [0.1, 0.15) is 12.1 Å². The van der Waals surface area contributed by atoms with E-state index >= 15 is 0 Å². The average molecular weight is 256 g/mol. The second-order valence-corrected chi connectivity index (χ2v) is 4.02. The van der Waals surface area contributed by atoms with Crippen LogP contribution in [0.3, 0.4) is 0 Å². The van der Waals surface area contributed by atoms with Crippen molar-refractivity contribution in [2.75, 3.05) is 17.6 Å². The van der Waals surface area contributed by atoms with Gasteiger partial charge in [-0.05, 0) is 18.2 Å². The molecule has 0 saturated carbocycles. The van der Waals surface area contributed by atoms with Crippen LogP contribution in [0.5, 0.6) is 0 Å². The first-order chi connectivity index (χ1) is 9.33. The molecular formula is C12H12N6O. The summed E-state index contributed by atoms with van der Waals surface area (Å²) >= 11 is 0. The van der Waals surface area contributed by atoms with Crippen molar-refractivity contribution >= 4 is 22.4 Å². The molecule has 3 rings (SSSR count). The third kappa shape index (κ3) is 2.44. The van der Waals surface area contributed by atoms with Crippen LogP contribution in [0.25, 0.3) is 10.9 Å². The van der Waals surface area contributed by atoms with Crippen molar-refractivity contribution in [1.29, 1.82) is 0 Å². The van der Waals surface area contributed by atoms with Gasteiger partial charge in [-0.25, -0.2) is 9.97 Å². The Morgan fingerprint density at radius 1 is 1.21 bits per heavy atom. The molecule has 0 unspecified atom stereocenters. The van der Waals surface area contributed by atoms with E-state index in [2.05, 4.69) is 29.9 Å². The van der Waals surface area contributed by atoms with Gasteiger partial charge in [-0.1, -0.05) is 5.16 Å². The summed E-state index contributed by atoms with van der Waals surface area (Å²) in [4.78, 5) is 12.4. The van der Waals surface area contributed by atoms with Crippen LogP contribution in [0.1, 0.15) is 5.82 Å². The van der Waals surface area contributed by atoms with Crippen LogP contribution in [0.2, 0.25) is 0 Å². The van der Waals surface area contributed by atoms with Gasteiger partial charge in [-0.2, -0.15) is 4.98 Å². The summed E-state index contributed by atoms with van der Waals surface area (Å²) in [5, 5.41) is 7.91. The number of hydrogen-bond acceptors (Lipinski definition) is 7. The molecule has 96 valence electrons. The molecule has 0 radical (unpaired) electrons. The number of nitrogen functional groups attached to an aromatic ring is 1. The molecule has 0 fully saturated rings.